The van der Waals surface area contributed by atoms with Gasteiger partial charge in [-0.1, -0.05) is 43.3 Å². The number of aromatic nitrogens is 1. The maximum atomic E-state index is 13.5. The number of amides is 2. The molecule has 4 rings (SSSR count). The van der Waals surface area contributed by atoms with Crippen molar-refractivity contribution >= 4 is 11.8 Å². The second-order valence-corrected chi connectivity index (χ2v) is 8.18. The molecule has 32 heavy (non-hydrogen) atoms. The Morgan fingerprint density at radius 1 is 1.03 bits per heavy atom. The number of carbonyl (C=O) groups is 2. The van der Waals surface area contributed by atoms with E-state index in [-0.39, 0.29) is 17.9 Å². The van der Waals surface area contributed by atoms with E-state index in [2.05, 4.69) is 11.9 Å². The number of hydrogen-bond acceptors (Lipinski definition) is 4. The van der Waals surface area contributed by atoms with Gasteiger partial charge in [0.1, 0.15) is 5.76 Å². The highest BCUT2D eigenvalue weighted by molar-refractivity contribution is 5.95. The van der Waals surface area contributed by atoms with Crippen LogP contribution in [-0.2, 0) is 0 Å². The van der Waals surface area contributed by atoms with E-state index in [9.17, 15) is 9.59 Å². The molecule has 1 saturated heterocycles. The van der Waals surface area contributed by atoms with Gasteiger partial charge in [-0.3, -0.25) is 9.59 Å². The van der Waals surface area contributed by atoms with Crippen molar-refractivity contribution in [2.45, 2.75) is 39.2 Å². The summed E-state index contributed by atoms with van der Waals surface area (Å²) in [7, 11) is 0. The van der Waals surface area contributed by atoms with E-state index in [1.54, 1.807) is 6.92 Å². The molecule has 0 bridgehead atoms. The molecule has 166 valence electrons. The lowest BCUT2D eigenvalue weighted by molar-refractivity contribution is 0.0515. The summed E-state index contributed by atoms with van der Waals surface area (Å²) < 4.78 is 5.82. The fourth-order valence-electron chi connectivity index (χ4n) is 4.27. The van der Waals surface area contributed by atoms with Crippen molar-refractivity contribution in [3.63, 3.8) is 0 Å². The molecule has 1 aliphatic heterocycles. The third-order valence-corrected chi connectivity index (χ3v) is 5.96. The fraction of sp³-hybridized carbons (Fsp3) is 0.346. The Hall–Kier alpha value is -3.41. The maximum absolute atomic E-state index is 13.5. The first-order chi connectivity index (χ1) is 15.6. The summed E-state index contributed by atoms with van der Waals surface area (Å²) in [5, 5.41) is 0. The lowest BCUT2D eigenvalue weighted by atomic mass is 10.0. The number of carbonyl (C=O) groups excluding carboxylic acids is 2. The molecule has 0 aliphatic carbocycles. The molecule has 6 heteroatoms. The standard InChI is InChI=1S/C26H29N3O3/c1-3-16-29(22-14-17-28(18-15-22)25(30)21-12-8-5-9-13-21)26(31)23-19(2)32-24(27-23)20-10-6-4-7-11-20/h4-13,22H,3,14-18H2,1-2H3. The van der Waals surface area contributed by atoms with Crippen LogP contribution in [0.4, 0.5) is 0 Å². The van der Waals surface area contributed by atoms with Crippen molar-refractivity contribution < 1.29 is 14.0 Å². The lowest BCUT2D eigenvalue weighted by Gasteiger charge is -2.38. The van der Waals surface area contributed by atoms with E-state index < -0.39 is 0 Å². The Morgan fingerprint density at radius 2 is 1.66 bits per heavy atom. The lowest BCUT2D eigenvalue weighted by Crippen LogP contribution is -2.49. The van der Waals surface area contributed by atoms with Gasteiger partial charge in [0.15, 0.2) is 5.69 Å². The number of piperidine rings is 1. The van der Waals surface area contributed by atoms with Crippen molar-refractivity contribution in [1.82, 2.24) is 14.8 Å². The number of benzene rings is 2. The summed E-state index contributed by atoms with van der Waals surface area (Å²) in [6.45, 7) is 5.79. The van der Waals surface area contributed by atoms with E-state index in [0.29, 0.717) is 42.5 Å². The molecule has 2 heterocycles. The van der Waals surface area contributed by atoms with Crippen molar-refractivity contribution in [3.05, 3.63) is 77.7 Å². The van der Waals surface area contributed by atoms with Gasteiger partial charge in [-0.15, -0.1) is 0 Å². The smallest absolute Gasteiger partial charge is 0.276 e. The third-order valence-electron chi connectivity index (χ3n) is 5.96. The molecule has 6 nitrogen and oxygen atoms in total. The molecule has 0 N–H and O–H groups in total. The summed E-state index contributed by atoms with van der Waals surface area (Å²) in [6, 6.07) is 19.1. The van der Waals surface area contributed by atoms with E-state index in [0.717, 1.165) is 24.8 Å². The van der Waals surface area contributed by atoms with Crippen LogP contribution in [0.2, 0.25) is 0 Å². The van der Waals surface area contributed by atoms with Gasteiger partial charge < -0.3 is 14.2 Å². The normalized spacial score (nSPS) is 14.4. The first-order valence-corrected chi connectivity index (χ1v) is 11.3. The minimum absolute atomic E-state index is 0.0530. The van der Waals surface area contributed by atoms with Gasteiger partial charge in [-0.05, 0) is 50.5 Å². The zero-order valence-electron chi connectivity index (χ0n) is 18.7. The molecule has 0 spiro atoms. The van der Waals surface area contributed by atoms with Gasteiger partial charge >= 0.3 is 0 Å². The third kappa shape index (κ3) is 4.59. The first kappa shape index (κ1) is 21.8. The van der Waals surface area contributed by atoms with Gasteiger partial charge in [0.05, 0.1) is 0 Å². The highest BCUT2D eigenvalue weighted by atomic mass is 16.4. The highest BCUT2D eigenvalue weighted by Gasteiger charge is 2.32. The molecular formula is C26H29N3O3. The van der Waals surface area contributed by atoms with Crippen LogP contribution in [0.1, 0.15) is 52.8 Å². The van der Waals surface area contributed by atoms with E-state index >= 15 is 0 Å². The summed E-state index contributed by atoms with van der Waals surface area (Å²) >= 11 is 0. The Morgan fingerprint density at radius 3 is 2.28 bits per heavy atom. The number of oxazole rings is 1. The molecule has 0 saturated carbocycles. The molecule has 1 fully saturated rings. The van der Waals surface area contributed by atoms with Crippen LogP contribution in [0, 0.1) is 6.92 Å². The van der Waals surface area contributed by atoms with Crippen LogP contribution in [0.15, 0.2) is 65.1 Å². The number of hydrogen-bond donors (Lipinski definition) is 0. The van der Waals surface area contributed by atoms with Gasteiger partial charge in [-0.25, -0.2) is 4.98 Å². The summed E-state index contributed by atoms with van der Waals surface area (Å²) in [5.41, 5.74) is 1.93. The zero-order chi connectivity index (χ0) is 22.5. The van der Waals surface area contributed by atoms with E-state index in [1.807, 2.05) is 70.5 Å². The van der Waals surface area contributed by atoms with E-state index in [4.69, 9.17) is 4.42 Å². The molecule has 1 aromatic heterocycles. The van der Waals surface area contributed by atoms with Gasteiger partial charge in [0.2, 0.25) is 5.89 Å². The fourth-order valence-corrected chi connectivity index (χ4v) is 4.27. The zero-order valence-corrected chi connectivity index (χ0v) is 18.7. The number of nitrogens with zero attached hydrogens (tertiary/aromatic N) is 3. The van der Waals surface area contributed by atoms with Crippen LogP contribution >= 0.6 is 0 Å². The molecule has 2 amide bonds. The summed E-state index contributed by atoms with van der Waals surface area (Å²) in [6.07, 6.45) is 2.37. The Kier molecular flexibility index (Phi) is 6.69. The molecule has 0 radical (unpaired) electrons. The van der Waals surface area contributed by atoms with Crippen LogP contribution in [0.25, 0.3) is 11.5 Å². The second kappa shape index (κ2) is 9.81. The van der Waals surface area contributed by atoms with Crippen LogP contribution in [0.5, 0.6) is 0 Å². The highest BCUT2D eigenvalue weighted by Crippen LogP contribution is 2.25. The topological polar surface area (TPSA) is 66.7 Å². The molecule has 1 aliphatic rings. The molecule has 2 aromatic carbocycles. The van der Waals surface area contributed by atoms with Crippen molar-refractivity contribution in [1.29, 1.82) is 0 Å². The Balaban J connectivity index is 1.47. The molecule has 3 aromatic rings. The monoisotopic (exact) mass is 431 g/mol. The Labute approximate surface area is 188 Å². The first-order valence-electron chi connectivity index (χ1n) is 11.3. The van der Waals surface area contributed by atoms with Gasteiger partial charge in [-0.2, -0.15) is 0 Å². The SMILES string of the molecule is CCCN(C(=O)c1nc(-c2ccccc2)oc1C)C1CCN(C(=O)c2ccccc2)CC1. The summed E-state index contributed by atoms with van der Waals surface area (Å²) in [5.74, 6) is 0.957. The number of rotatable bonds is 6. The van der Waals surface area contributed by atoms with Crippen LogP contribution in [0.3, 0.4) is 0 Å². The average molecular weight is 432 g/mol. The number of aryl methyl sites for hydroxylation is 1. The Bertz CT molecular complexity index is 1050. The largest absolute Gasteiger partial charge is 0.441 e. The predicted octanol–water partition coefficient (Wildman–Crippen LogP) is 4.81. The average Bonchev–Trinajstić information content (AvgIpc) is 3.24. The van der Waals surface area contributed by atoms with E-state index in [1.165, 1.54) is 0 Å². The van der Waals surface area contributed by atoms with Gasteiger partial charge in [0, 0.05) is 36.8 Å². The maximum Gasteiger partial charge on any atom is 0.276 e. The minimum atomic E-state index is -0.0943. The van der Waals surface area contributed by atoms with Crippen molar-refractivity contribution in [2.75, 3.05) is 19.6 Å². The van der Waals surface area contributed by atoms with Crippen molar-refractivity contribution in [2.24, 2.45) is 0 Å². The minimum Gasteiger partial charge on any atom is -0.441 e. The molecule has 0 atom stereocenters. The second-order valence-electron chi connectivity index (χ2n) is 8.18. The van der Waals surface area contributed by atoms with Crippen LogP contribution < -0.4 is 0 Å². The quantitative estimate of drug-likeness (QED) is 0.562. The summed E-state index contributed by atoms with van der Waals surface area (Å²) in [4.78, 5) is 34.6. The van der Waals surface area contributed by atoms with Crippen LogP contribution in [-0.4, -0.2) is 52.3 Å². The molecular weight excluding hydrogens is 402 g/mol. The predicted molar refractivity (Wildman–Crippen MR) is 123 cm³/mol. The van der Waals surface area contributed by atoms with Gasteiger partial charge in [0.25, 0.3) is 11.8 Å². The number of likely N-dealkylation sites (tertiary alicyclic amines) is 1. The molecule has 0 unspecified atom stereocenters. The van der Waals surface area contributed by atoms with Crippen molar-refractivity contribution in [3.8, 4) is 11.5 Å².